The van der Waals surface area contributed by atoms with Crippen molar-refractivity contribution >= 4 is 11.7 Å². The lowest BCUT2D eigenvalue weighted by Gasteiger charge is -2.33. The summed E-state index contributed by atoms with van der Waals surface area (Å²) in [5.41, 5.74) is 2.61. The molecule has 8 nitrogen and oxygen atoms in total. The maximum atomic E-state index is 13.3. The molecule has 33 heavy (non-hydrogen) atoms. The van der Waals surface area contributed by atoms with Crippen molar-refractivity contribution in [2.24, 2.45) is 0 Å². The number of amides is 2. The number of urea groups is 1. The second kappa shape index (κ2) is 10.4. The van der Waals surface area contributed by atoms with Crippen LogP contribution in [-0.4, -0.2) is 41.3 Å². The van der Waals surface area contributed by atoms with E-state index in [0.717, 1.165) is 42.5 Å². The Labute approximate surface area is 193 Å². The van der Waals surface area contributed by atoms with Crippen LogP contribution in [-0.2, 0) is 6.54 Å². The summed E-state index contributed by atoms with van der Waals surface area (Å²) in [6.45, 7) is 2.26. The van der Waals surface area contributed by atoms with Crippen molar-refractivity contribution in [3.05, 3.63) is 53.9 Å². The van der Waals surface area contributed by atoms with Gasteiger partial charge in [0.15, 0.2) is 11.5 Å². The smallest absolute Gasteiger partial charge is 0.322 e. The number of benzene rings is 2. The summed E-state index contributed by atoms with van der Waals surface area (Å²) < 4.78 is 16.2. The van der Waals surface area contributed by atoms with Crippen molar-refractivity contribution in [1.82, 2.24) is 15.0 Å². The number of anilines is 1. The largest absolute Gasteiger partial charge is 0.493 e. The molecular weight excluding hydrogens is 420 g/mol. The van der Waals surface area contributed by atoms with E-state index in [1.807, 2.05) is 42.2 Å². The van der Waals surface area contributed by atoms with Crippen molar-refractivity contribution in [2.75, 3.05) is 19.5 Å². The average molecular weight is 451 g/mol. The Hall–Kier alpha value is -3.55. The van der Waals surface area contributed by atoms with Crippen molar-refractivity contribution < 1.29 is 18.8 Å². The molecule has 1 saturated carbocycles. The van der Waals surface area contributed by atoms with Crippen molar-refractivity contribution in [3.63, 3.8) is 0 Å². The number of aryl methyl sites for hydroxylation is 1. The number of nitrogens with one attached hydrogen (secondary N) is 1. The first-order valence-electron chi connectivity index (χ1n) is 11.3. The molecular formula is C25H30N4O4. The Bertz CT molecular complexity index is 1090. The molecule has 0 bridgehead atoms. The monoisotopic (exact) mass is 450 g/mol. The second-order valence-corrected chi connectivity index (χ2v) is 8.30. The van der Waals surface area contributed by atoms with Gasteiger partial charge in [0.25, 0.3) is 0 Å². The van der Waals surface area contributed by atoms with Gasteiger partial charge in [0.05, 0.1) is 14.2 Å². The zero-order valence-electron chi connectivity index (χ0n) is 19.3. The number of nitrogens with zero attached hydrogens (tertiary/aromatic N) is 3. The molecule has 0 saturated heterocycles. The predicted octanol–water partition coefficient (Wildman–Crippen LogP) is 5.43. The average Bonchev–Trinajstić information content (AvgIpc) is 3.31. The van der Waals surface area contributed by atoms with Gasteiger partial charge in [0, 0.05) is 17.3 Å². The highest BCUT2D eigenvalue weighted by atomic mass is 16.5. The first-order chi connectivity index (χ1) is 16.1. The molecule has 2 aromatic carbocycles. The minimum atomic E-state index is -0.154. The predicted molar refractivity (Wildman–Crippen MR) is 125 cm³/mol. The number of carbonyl (C=O) groups is 1. The Morgan fingerprint density at radius 3 is 2.61 bits per heavy atom. The van der Waals surface area contributed by atoms with Crippen LogP contribution in [0.4, 0.5) is 10.5 Å². The van der Waals surface area contributed by atoms with E-state index in [4.69, 9.17) is 14.0 Å². The highest BCUT2D eigenvalue weighted by Gasteiger charge is 2.28. The molecule has 3 aromatic rings. The molecule has 1 aliphatic rings. The molecule has 1 aliphatic carbocycles. The van der Waals surface area contributed by atoms with E-state index >= 15 is 0 Å². The fourth-order valence-corrected chi connectivity index (χ4v) is 4.23. The molecule has 4 rings (SSSR count). The zero-order valence-corrected chi connectivity index (χ0v) is 19.3. The van der Waals surface area contributed by atoms with Crippen LogP contribution in [0, 0.1) is 6.92 Å². The third kappa shape index (κ3) is 5.45. The van der Waals surface area contributed by atoms with Gasteiger partial charge in [0.1, 0.15) is 6.54 Å². The summed E-state index contributed by atoms with van der Waals surface area (Å²) in [6.07, 6.45) is 5.36. The number of hydrogen-bond acceptors (Lipinski definition) is 6. The van der Waals surface area contributed by atoms with E-state index in [-0.39, 0.29) is 18.6 Å². The van der Waals surface area contributed by atoms with Gasteiger partial charge in [-0.25, -0.2) is 4.79 Å². The fraction of sp³-hybridized carbons (Fsp3) is 0.400. The molecule has 0 aliphatic heterocycles. The van der Waals surface area contributed by atoms with Crippen molar-refractivity contribution in [3.8, 4) is 22.9 Å². The van der Waals surface area contributed by atoms with Crippen LogP contribution < -0.4 is 14.8 Å². The van der Waals surface area contributed by atoms with E-state index in [1.165, 1.54) is 6.42 Å². The molecule has 0 radical (unpaired) electrons. The summed E-state index contributed by atoms with van der Waals surface area (Å²) >= 11 is 0. The number of aromatic nitrogens is 2. The summed E-state index contributed by atoms with van der Waals surface area (Å²) in [4.78, 5) is 19.6. The van der Waals surface area contributed by atoms with Crippen LogP contribution in [0.1, 0.15) is 43.6 Å². The summed E-state index contributed by atoms with van der Waals surface area (Å²) in [5.74, 6) is 2.04. The Balaban J connectivity index is 1.54. The maximum Gasteiger partial charge on any atom is 0.322 e. The SMILES string of the molecule is COc1ccc(-c2noc(CN(C(=O)Nc3cccc(C)c3)C3CCCCC3)n2)cc1OC. The number of hydrogen-bond donors (Lipinski definition) is 1. The van der Waals surface area contributed by atoms with Crippen LogP contribution in [0.2, 0.25) is 0 Å². The first kappa shape index (κ1) is 22.6. The first-order valence-corrected chi connectivity index (χ1v) is 11.3. The minimum absolute atomic E-state index is 0.139. The van der Waals surface area contributed by atoms with Crippen LogP contribution in [0.25, 0.3) is 11.4 Å². The molecule has 174 valence electrons. The van der Waals surface area contributed by atoms with Crippen molar-refractivity contribution in [2.45, 2.75) is 51.6 Å². The third-order valence-electron chi connectivity index (χ3n) is 5.96. The number of rotatable bonds is 7. The topological polar surface area (TPSA) is 89.7 Å². The second-order valence-electron chi connectivity index (χ2n) is 8.30. The molecule has 0 atom stereocenters. The molecule has 1 aromatic heterocycles. The maximum absolute atomic E-state index is 13.3. The van der Waals surface area contributed by atoms with E-state index in [1.54, 1.807) is 26.4 Å². The van der Waals surface area contributed by atoms with Gasteiger partial charge in [-0.2, -0.15) is 4.98 Å². The van der Waals surface area contributed by atoms with E-state index < -0.39 is 0 Å². The molecule has 2 amide bonds. The zero-order chi connectivity index (χ0) is 23.2. The van der Waals surface area contributed by atoms with Gasteiger partial charge < -0.3 is 24.2 Å². The van der Waals surface area contributed by atoms with Gasteiger partial charge in [-0.3, -0.25) is 0 Å². The molecule has 1 N–H and O–H groups in total. The molecule has 1 heterocycles. The molecule has 1 fully saturated rings. The lowest BCUT2D eigenvalue weighted by molar-refractivity contribution is 0.151. The Morgan fingerprint density at radius 2 is 1.88 bits per heavy atom. The van der Waals surface area contributed by atoms with Crippen LogP contribution in [0.5, 0.6) is 11.5 Å². The summed E-state index contributed by atoms with van der Waals surface area (Å²) in [6, 6.07) is 13.2. The molecule has 0 spiro atoms. The van der Waals surface area contributed by atoms with Gasteiger partial charge in [-0.05, 0) is 55.7 Å². The summed E-state index contributed by atoms with van der Waals surface area (Å²) in [7, 11) is 3.17. The lowest BCUT2D eigenvalue weighted by Crippen LogP contribution is -2.43. The van der Waals surface area contributed by atoms with Gasteiger partial charge in [0.2, 0.25) is 11.7 Å². The molecule has 8 heteroatoms. The highest BCUT2D eigenvalue weighted by molar-refractivity contribution is 5.89. The van der Waals surface area contributed by atoms with Crippen LogP contribution >= 0.6 is 0 Å². The van der Waals surface area contributed by atoms with Gasteiger partial charge in [-0.1, -0.05) is 36.6 Å². The van der Waals surface area contributed by atoms with Crippen molar-refractivity contribution in [1.29, 1.82) is 0 Å². The van der Waals surface area contributed by atoms with E-state index in [0.29, 0.717) is 23.2 Å². The van der Waals surface area contributed by atoms with E-state index in [2.05, 4.69) is 15.5 Å². The Morgan fingerprint density at radius 1 is 1.09 bits per heavy atom. The number of carbonyl (C=O) groups excluding carboxylic acids is 1. The summed E-state index contributed by atoms with van der Waals surface area (Å²) in [5, 5.41) is 7.16. The van der Waals surface area contributed by atoms with Crippen LogP contribution in [0.3, 0.4) is 0 Å². The quantitative estimate of drug-likeness (QED) is 0.516. The fourth-order valence-electron chi connectivity index (χ4n) is 4.23. The molecule has 0 unspecified atom stereocenters. The Kier molecular flexibility index (Phi) is 7.12. The van der Waals surface area contributed by atoms with Gasteiger partial charge in [-0.15, -0.1) is 0 Å². The highest BCUT2D eigenvalue weighted by Crippen LogP contribution is 2.31. The standard InChI is InChI=1S/C25H30N4O4/c1-17-8-7-9-19(14-17)26-25(30)29(20-10-5-4-6-11-20)16-23-27-24(28-33-23)18-12-13-21(31-2)22(15-18)32-3/h7-9,12-15,20H,4-6,10-11,16H2,1-3H3,(H,26,30). The number of ether oxygens (including phenoxy) is 2. The van der Waals surface area contributed by atoms with Crippen LogP contribution in [0.15, 0.2) is 47.0 Å². The normalized spacial score (nSPS) is 14.0. The number of methoxy groups -OCH3 is 2. The van der Waals surface area contributed by atoms with E-state index in [9.17, 15) is 4.79 Å². The third-order valence-corrected chi connectivity index (χ3v) is 5.96. The van der Waals surface area contributed by atoms with Gasteiger partial charge >= 0.3 is 6.03 Å². The minimum Gasteiger partial charge on any atom is -0.493 e. The lowest BCUT2D eigenvalue weighted by atomic mass is 9.94.